The molecule has 57 heavy (non-hydrogen) atoms. The summed E-state index contributed by atoms with van der Waals surface area (Å²) in [7, 11) is 1.63. The number of carboxylic acids is 1. The van der Waals surface area contributed by atoms with Gasteiger partial charge in [0.1, 0.15) is 24.2 Å². The van der Waals surface area contributed by atoms with Crippen molar-refractivity contribution in [3.05, 3.63) is 114 Å². The Labute approximate surface area is 329 Å². The molecular weight excluding hydrogens is 731 g/mol. The van der Waals surface area contributed by atoms with E-state index < -0.39 is 65.8 Å². The summed E-state index contributed by atoms with van der Waals surface area (Å²) in [5.74, 6) is -3.82. The Bertz CT molecular complexity index is 2060. The quantitative estimate of drug-likeness (QED) is 0.143. The van der Waals surface area contributed by atoms with E-state index in [0.29, 0.717) is 22.5 Å². The SMILES string of the molecule is CN[C@@H](C)C(=O)N[C@@H](Cc1ccccc1)C(=O)N1C[C@@H]2C[C@H]1C(=O)N[C@@H](Cc1ccccc1)C(=O)N[C@H](C(=O)O)Cc1ccc(cc1)NC(=O)CCc1cn2nn1. The molecule has 0 radical (unpaired) electrons. The van der Waals surface area contributed by atoms with E-state index in [9.17, 15) is 33.9 Å². The number of carbonyl (C=O) groups excluding carboxylic acids is 5. The van der Waals surface area contributed by atoms with E-state index in [1.165, 1.54) is 4.90 Å². The lowest BCUT2D eigenvalue weighted by Gasteiger charge is -2.30. The molecule has 0 unspecified atom stereocenters. The number of nitrogens with one attached hydrogen (secondary N) is 5. The lowest BCUT2D eigenvalue weighted by Crippen LogP contribution is -2.58. The summed E-state index contributed by atoms with van der Waals surface area (Å²) in [5, 5.41) is 32.8. The molecule has 1 saturated heterocycles. The van der Waals surface area contributed by atoms with Crippen LogP contribution in [0.1, 0.15) is 48.2 Å². The summed E-state index contributed by atoms with van der Waals surface area (Å²) in [6.07, 6.45) is 2.26. The number of benzene rings is 3. The highest BCUT2D eigenvalue weighted by atomic mass is 16.4. The van der Waals surface area contributed by atoms with E-state index >= 15 is 0 Å². The molecule has 0 aliphatic carbocycles. The van der Waals surface area contributed by atoms with E-state index in [-0.39, 0.29) is 51.0 Å². The van der Waals surface area contributed by atoms with Crippen molar-refractivity contribution in [2.24, 2.45) is 0 Å². The Morgan fingerprint density at radius 1 is 0.895 bits per heavy atom. The number of amides is 5. The van der Waals surface area contributed by atoms with E-state index in [2.05, 4.69) is 36.9 Å². The number of hydrogen-bond donors (Lipinski definition) is 6. The minimum absolute atomic E-state index is 0.0230. The first-order valence-corrected chi connectivity index (χ1v) is 19.0. The normalized spacial score (nSPS) is 21.3. The number of likely N-dealkylation sites (N-methyl/N-ethyl adjacent to an activating group) is 1. The molecule has 3 aliphatic rings. The summed E-state index contributed by atoms with van der Waals surface area (Å²) in [6, 6.07) is 18.9. The van der Waals surface area contributed by atoms with Crippen molar-refractivity contribution in [3.8, 4) is 0 Å². The van der Waals surface area contributed by atoms with Gasteiger partial charge in [0.2, 0.25) is 29.5 Å². The maximum atomic E-state index is 14.7. The number of nitrogens with zero attached hydrogens (tertiary/aromatic N) is 4. The fourth-order valence-corrected chi connectivity index (χ4v) is 7.01. The van der Waals surface area contributed by atoms with Crippen LogP contribution in [-0.2, 0) is 54.5 Å². The minimum atomic E-state index is -1.35. The molecule has 4 heterocycles. The minimum Gasteiger partial charge on any atom is -0.480 e. The molecule has 6 N–H and O–H groups in total. The largest absolute Gasteiger partial charge is 0.480 e. The average molecular weight is 778 g/mol. The third-order valence-corrected chi connectivity index (χ3v) is 10.3. The van der Waals surface area contributed by atoms with Gasteiger partial charge in [0, 0.05) is 57.0 Å². The lowest BCUT2D eigenvalue weighted by atomic mass is 10.0. The molecule has 16 nitrogen and oxygen atoms in total. The molecule has 3 aliphatic heterocycles. The zero-order chi connectivity index (χ0) is 40.5. The molecule has 7 rings (SSSR count). The van der Waals surface area contributed by atoms with Crippen LogP contribution in [0.15, 0.2) is 91.1 Å². The van der Waals surface area contributed by atoms with Gasteiger partial charge in [-0.05, 0) is 42.8 Å². The topological polar surface area (TPSA) is 217 Å². The maximum Gasteiger partial charge on any atom is 0.326 e. The fourth-order valence-electron chi connectivity index (χ4n) is 7.01. The summed E-state index contributed by atoms with van der Waals surface area (Å²) < 4.78 is 1.57. The Kier molecular flexibility index (Phi) is 13.0. The summed E-state index contributed by atoms with van der Waals surface area (Å²) in [4.78, 5) is 83.1. The molecule has 0 spiro atoms. The molecular formula is C41H47N9O7. The number of aliphatic carboxylic acids is 1. The van der Waals surface area contributed by atoms with Crippen LogP contribution in [0.4, 0.5) is 5.69 Å². The van der Waals surface area contributed by atoms with Crippen LogP contribution < -0.4 is 26.6 Å². The second-order valence-corrected chi connectivity index (χ2v) is 14.4. The molecule has 1 fully saturated rings. The van der Waals surface area contributed by atoms with Crippen LogP contribution in [0.3, 0.4) is 0 Å². The molecule has 3 aromatic carbocycles. The third-order valence-electron chi connectivity index (χ3n) is 10.3. The molecule has 298 valence electrons. The van der Waals surface area contributed by atoms with Gasteiger partial charge in [-0.2, -0.15) is 0 Å². The predicted molar refractivity (Wildman–Crippen MR) is 209 cm³/mol. The maximum absolute atomic E-state index is 14.7. The number of carboxylic acid groups (broad SMARTS) is 1. The Morgan fingerprint density at radius 2 is 1.58 bits per heavy atom. The fraction of sp³-hybridized carbons (Fsp3) is 0.366. The molecule has 16 heteroatoms. The number of fused-ring (bicyclic) bond motifs is 11. The van der Waals surface area contributed by atoms with E-state index in [1.807, 2.05) is 36.4 Å². The van der Waals surface area contributed by atoms with Gasteiger partial charge in [0.15, 0.2) is 0 Å². The first-order valence-electron chi connectivity index (χ1n) is 19.0. The standard InChI is InChI=1S/C41H47N9O7/c1-25(42-2)37(52)45-33(20-27-11-7-4-8-12-27)40(55)49-24-31-22-35(49)39(54)44-32(19-26-9-5-3-6-10-26)38(53)46-34(41(56)57)21-28-13-15-29(16-14-28)43-36(51)18-17-30-23-50(31)48-47-30/h3-16,23,25,31-35,42H,17-22,24H2,1-2H3,(H,43,51)(H,44,54)(H,45,52)(H,46,53)(H,56,57)/t25-,31-,32-,33-,34-,35-/m0/s1. The van der Waals surface area contributed by atoms with Crippen molar-refractivity contribution in [2.75, 3.05) is 18.9 Å². The second-order valence-electron chi connectivity index (χ2n) is 14.4. The van der Waals surface area contributed by atoms with E-state index in [4.69, 9.17) is 0 Å². The number of carbonyl (C=O) groups is 6. The highest BCUT2D eigenvalue weighted by Crippen LogP contribution is 2.29. The van der Waals surface area contributed by atoms with Crippen molar-refractivity contribution in [1.29, 1.82) is 0 Å². The smallest absolute Gasteiger partial charge is 0.326 e. The van der Waals surface area contributed by atoms with Crippen molar-refractivity contribution in [2.45, 2.75) is 81.7 Å². The Morgan fingerprint density at radius 3 is 2.25 bits per heavy atom. The molecule has 4 aromatic rings. The van der Waals surface area contributed by atoms with Crippen LogP contribution >= 0.6 is 0 Å². The van der Waals surface area contributed by atoms with Crippen LogP contribution in [-0.4, -0.2) is 104 Å². The van der Waals surface area contributed by atoms with Crippen LogP contribution in [0.5, 0.6) is 0 Å². The van der Waals surface area contributed by atoms with Gasteiger partial charge in [-0.15, -0.1) is 5.10 Å². The van der Waals surface area contributed by atoms with Gasteiger partial charge in [-0.1, -0.05) is 78.0 Å². The average Bonchev–Trinajstić information content (AvgIpc) is 3.88. The van der Waals surface area contributed by atoms with E-state index in [0.717, 1.165) is 5.56 Å². The predicted octanol–water partition coefficient (Wildman–Crippen LogP) is 1.18. The summed E-state index contributed by atoms with van der Waals surface area (Å²) in [5.41, 5.74) is 3.15. The van der Waals surface area contributed by atoms with Crippen LogP contribution in [0.2, 0.25) is 0 Å². The highest BCUT2D eigenvalue weighted by molar-refractivity contribution is 5.96. The van der Waals surface area contributed by atoms with Gasteiger partial charge in [0.05, 0.1) is 17.8 Å². The zero-order valence-corrected chi connectivity index (χ0v) is 31.8. The summed E-state index contributed by atoms with van der Waals surface area (Å²) >= 11 is 0. The molecule has 0 saturated carbocycles. The van der Waals surface area contributed by atoms with Crippen molar-refractivity contribution < 1.29 is 33.9 Å². The monoisotopic (exact) mass is 777 g/mol. The molecule has 6 atom stereocenters. The molecule has 1 aromatic heterocycles. The van der Waals surface area contributed by atoms with Gasteiger partial charge in [-0.3, -0.25) is 24.0 Å². The number of anilines is 1. The first-order chi connectivity index (χ1) is 27.5. The molecule has 6 bridgehead atoms. The van der Waals surface area contributed by atoms with Gasteiger partial charge < -0.3 is 36.6 Å². The van der Waals surface area contributed by atoms with Crippen LogP contribution in [0, 0.1) is 0 Å². The Balaban J connectivity index is 1.36. The molecule has 5 amide bonds. The number of aryl methyl sites for hydroxylation is 1. The third kappa shape index (κ3) is 10.5. The first kappa shape index (κ1) is 40.2. The van der Waals surface area contributed by atoms with Crippen molar-refractivity contribution in [1.82, 2.24) is 41.2 Å². The van der Waals surface area contributed by atoms with E-state index in [1.54, 1.807) is 73.4 Å². The van der Waals surface area contributed by atoms with Crippen molar-refractivity contribution >= 4 is 41.2 Å². The van der Waals surface area contributed by atoms with Crippen LogP contribution in [0.25, 0.3) is 0 Å². The second kappa shape index (κ2) is 18.5. The van der Waals surface area contributed by atoms with Gasteiger partial charge >= 0.3 is 5.97 Å². The lowest BCUT2D eigenvalue weighted by molar-refractivity contribution is -0.143. The van der Waals surface area contributed by atoms with Crippen molar-refractivity contribution in [3.63, 3.8) is 0 Å². The van der Waals surface area contributed by atoms with Gasteiger partial charge in [0.25, 0.3) is 0 Å². The number of hydrogen-bond acceptors (Lipinski definition) is 9. The van der Waals surface area contributed by atoms with Gasteiger partial charge in [-0.25, -0.2) is 9.48 Å². The zero-order valence-electron chi connectivity index (χ0n) is 31.8. The number of likely N-dealkylation sites (tertiary alicyclic amines) is 1. The number of aromatic nitrogens is 3. The highest BCUT2D eigenvalue weighted by Gasteiger charge is 2.44. The number of rotatable bonds is 9. The summed E-state index contributed by atoms with van der Waals surface area (Å²) in [6.45, 7) is 1.69. The Hall–Kier alpha value is -6.42.